The van der Waals surface area contributed by atoms with Gasteiger partial charge < -0.3 is 10.1 Å². The summed E-state index contributed by atoms with van der Waals surface area (Å²) in [7, 11) is 0. The standard InChI is InChI=1S/C8H6ClF2NO3/c9-1-3-5(6(10)11)4(8(14)15)2-12-7(3)13/h2,6H,1H2,(H,12,13)(H,14,15). The van der Waals surface area contributed by atoms with Gasteiger partial charge in [-0.25, -0.2) is 13.6 Å². The Labute approximate surface area is 87.5 Å². The van der Waals surface area contributed by atoms with E-state index in [2.05, 4.69) is 0 Å². The van der Waals surface area contributed by atoms with Gasteiger partial charge in [-0.3, -0.25) is 4.79 Å². The maximum absolute atomic E-state index is 12.5. The van der Waals surface area contributed by atoms with Crippen LogP contribution in [0.5, 0.6) is 0 Å². The Morgan fingerprint density at radius 1 is 1.60 bits per heavy atom. The maximum Gasteiger partial charge on any atom is 0.337 e. The molecule has 0 aromatic carbocycles. The molecule has 0 bridgehead atoms. The van der Waals surface area contributed by atoms with E-state index >= 15 is 0 Å². The van der Waals surface area contributed by atoms with Crippen LogP contribution in [0.2, 0.25) is 0 Å². The van der Waals surface area contributed by atoms with Gasteiger partial charge in [-0.15, -0.1) is 11.6 Å². The van der Waals surface area contributed by atoms with Crippen molar-refractivity contribution in [1.29, 1.82) is 0 Å². The highest BCUT2D eigenvalue weighted by molar-refractivity contribution is 6.17. The smallest absolute Gasteiger partial charge is 0.337 e. The normalized spacial score (nSPS) is 10.7. The van der Waals surface area contributed by atoms with Gasteiger partial charge in [0.2, 0.25) is 0 Å². The Hall–Kier alpha value is -1.43. The van der Waals surface area contributed by atoms with Crippen LogP contribution in [0.3, 0.4) is 0 Å². The molecule has 0 aliphatic rings. The average molecular weight is 238 g/mol. The minimum Gasteiger partial charge on any atom is -0.478 e. The SMILES string of the molecule is O=C(O)c1c[nH]c(=O)c(CCl)c1C(F)F. The van der Waals surface area contributed by atoms with Crippen molar-refractivity contribution < 1.29 is 18.7 Å². The van der Waals surface area contributed by atoms with Crippen LogP contribution in [0.15, 0.2) is 11.0 Å². The molecule has 0 spiro atoms. The van der Waals surface area contributed by atoms with Gasteiger partial charge in [0.05, 0.1) is 11.4 Å². The van der Waals surface area contributed by atoms with E-state index in [4.69, 9.17) is 16.7 Å². The number of carboxylic acid groups (broad SMARTS) is 1. The highest BCUT2D eigenvalue weighted by Gasteiger charge is 2.23. The molecule has 0 radical (unpaired) electrons. The summed E-state index contributed by atoms with van der Waals surface area (Å²) in [6, 6.07) is 0. The van der Waals surface area contributed by atoms with Gasteiger partial charge in [-0.2, -0.15) is 0 Å². The van der Waals surface area contributed by atoms with E-state index in [1.54, 1.807) is 0 Å². The van der Waals surface area contributed by atoms with Crippen LogP contribution in [0.4, 0.5) is 8.78 Å². The molecule has 7 heteroatoms. The molecule has 1 aromatic rings. The Morgan fingerprint density at radius 3 is 2.60 bits per heavy atom. The van der Waals surface area contributed by atoms with Crippen molar-refractivity contribution in [3.05, 3.63) is 33.2 Å². The third-order valence-electron chi connectivity index (χ3n) is 1.82. The zero-order chi connectivity index (χ0) is 11.6. The Kier molecular flexibility index (Phi) is 3.41. The van der Waals surface area contributed by atoms with Crippen molar-refractivity contribution in [3.8, 4) is 0 Å². The van der Waals surface area contributed by atoms with E-state index < -0.39 is 40.5 Å². The molecule has 0 saturated heterocycles. The molecule has 0 unspecified atom stereocenters. The number of H-pyrrole nitrogens is 1. The topological polar surface area (TPSA) is 70.2 Å². The van der Waals surface area contributed by atoms with Gasteiger partial charge in [-0.05, 0) is 0 Å². The molecule has 15 heavy (non-hydrogen) atoms. The van der Waals surface area contributed by atoms with Crippen molar-refractivity contribution in [1.82, 2.24) is 4.98 Å². The number of alkyl halides is 3. The van der Waals surface area contributed by atoms with E-state index in [-0.39, 0.29) is 0 Å². The number of nitrogens with one attached hydrogen (secondary N) is 1. The lowest BCUT2D eigenvalue weighted by atomic mass is 10.1. The van der Waals surface area contributed by atoms with E-state index in [1.807, 2.05) is 4.98 Å². The number of hydrogen-bond donors (Lipinski definition) is 2. The van der Waals surface area contributed by atoms with Gasteiger partial charge >= 0.3 is 5.97 Å². The fraction of sp³-hybridized carbons (Fsp3) is 0.250. The largest absolute Gasteiger partial charge is 0.478 e. The van der Waals surface area contributed by atoms with Crippen LogP contribution >= 0.6 is 11.6 Å². The third-order valence-corrected chi connectivity index (χ3v) is 2.09. The summed E-state index contributed by atoms with van der Waals surface area (Å²) in [4.78, 5) is 23.7. The molecule has 0 fully saturated rings. The first kappa shape index (κ1) is 11.6. The minimum atomic E-state index is -3.05. The molecule has 1 heterocycles. The lowest BCUT2D eigenvalue weighted by Crippen LogP contribution is -2.18. The molecule has 0 amide bonds. The lowest BCUT2D eigenvalue weighted by molar-refractivity contribution is 0.0683. The monoisotopic (exact) mass is 237 g/mol. The van der Waals surface area contributed by atoms with Gasteiger partial charge in [0.1, 0.15) is 0 Å². The number of aromatic carboxylic acids is 1. The van der Waals surface area contributed by atoms with Gasteiger partial charge in [-0.1, -0.05) is 0 Å². The van der Waals surface area contributed by atoms with Crippen molar-refractivity contribution in [2.24, 2.45) is 0 Å². The van der Waals surface area contributed by atoms with Crippen molar-refractivity contribution in [3.63, 3.8) is 0 Å². The Bertz CT molecular complexity index is 444. The predicted octanol–water partition coefficient (Wildman–Crippen LogP) is 1.75. The maximum atomic E-state index is 12.5. The van der Waals surface area contributed by atoms with Gasteiger partial charge in [0.15, 0.2) is 0 Å². The van der Waals surface area contributed by atoms with Crippen LogP contribution in [0.25, 0.3) is 0 Å². The summed E-state index contributed by atoms with van der Waals surface area (Å²) in [5.74, 6) is -2.00. The van der Waals surface area contributed by atoms with Crippen LogP contribution in [-0.4, -0.2) is 16.1 Å². The molecule has 1 aromatic heterocycles. The molecule has 0 saturated carbocycles. The molecule has 4 nitrogen and oxygen atoms in total. The summed E-state index contributed by atoms with van der Waals surface area (Å²) in [5, 5.41) is 8.63. The molecule has 2 N–H and O–H groups in total. The fourth-order valence-corrected chi connectivity index (χ4v) is 1.41. The minimum absolute atomic E-state index is 0.411. The summed E-state index contributed by atoms with van der Waals surface area (Å²) in [6.45, 7) is 0. The highest BCUT2D eigenvalue weighted by Crippen LogP contribution is 2.25. The number of halogens is 3. The van der Waals surface area contributed by atoms with E-state index in [9.17, 15) is 18.4 Å². The van der Waals surface area contributed by atoms with Crippen molar-refractivity contribution in [2.75, 3.05) is 0 Å². The van der Waals surface area contributed by atoms with Gasteiger partial charge in [0.25, 0.3) is 12.0 Å². The zero-order valence-electron chi connectivity index (χ0n) is 7.26. The Morgan fingerprint density at radius 2 is 2.20 bits per heavy atom. The van der Waals surface area contributed by atoms with Crippen LogP contribution in [0.1, 0.15) is 27.9 Å². The average Bonchev–Trinajstić information content (AvgIpc) is 2.16. The molecular formula is C8H6ClF2NO3. The molecule has 1 rings (SSSR count). The fourth-order valence-electron chi connectivity index (χ4n) is 1.15. The molecule has 82 valence electrons. The van der Waals surface area contributed by atoms with E-state index in [0.29, 0.717) is 0 Å². The third kappa shape index (κ3) is 2.15. The Balaban J connectivity index is 3.56. The number of hydrogen-bond acceptors (Lipinski definition) is 2. The van der Waals surface area contributed by atoms with E-state index in [0.717, 1.165) is 6.20 Å². The molecule has 0 aliphatic carbocycles. The quantitative estimate of drug-likeness (QED) is 0.787. The second kappa shape index (κ2) is 4.39. The number of carbonyl (C=O) groups is 1. The number of rotatable bonds is 3. The molecular weight excluding hydrogens is 232 g/mol. The second-order valence-corrected chi connectivity index (χ2v) is 2.93. The lowest BCUT2D eigenvalue weighted by Gasteiger charge is -2.08. The van der Waals surface area contributed by atoms with Crippen molar-refractivity contribution in [2.45, 2.75) is 12.3 Å². The van der Waals surface area contributed by atoms with Crippen molar-refractivity contribution >= 4 is 17.6 Å². The second-order valence-electron chi connectivity index (χ2n) is 2.66. The van der Waals surface area contributed by atoms with Crippen LogP contribution < -0.4 is 5.56 Å². The zero-order valence-corrected chi connectivity index (χ0v) is 8.02. The first-order valence-electron chi connectivity index (χ1n) is 3.81. The molecule has 0 aliphatic heterocycles. The summed E-state index contributed by atoms with van der Waals surface area (Å²) >= 11 is 5.31. The highest BCUT2D eigenvalue weighted by atomic mass is 35.5. The first-order valence-corrected chi connectivity index (χ1v) is 4.34. The van der Waals surface area contributed by atoms with Gasteiger partial charge in [0, 0.05) is 17.3 Å². The number of pyridine rings is 1. The van der Waals surface area contributed by atoms with E-state index in [1.165, 1.54) is 0 Å². The van der Waals surface area contributed by atoms with Crippen LogP contribution in [-0.2, 0) is 5.88 Å². The number of aromatic nitrogens is 1. The predicted molar refractivity (Wildman–Crippen MR) is 48.5 cm³/mol. The summed E-state index contributed by atoms with van der Waals surface area (Å²) < 4.78 is 25.1. The summed E-state index contributed by atoms with van der Waals surface area (Å²) in [5.41, 5.74) is -2.67. The molecule has 0 atom stereocenters. The first-order chi connectivity index (χ1) is 6.99. The number of aromatic amines is 1. The number of carboxylic acids is 1. The summed E-state index contributed by atoms with van der Waals surface area (Å²) in [6.07, 6.45) is -2.31. The van der Waals surface area contributed by atoms with Crippen LogP contribution in [0, 0.1) is 0 Å².